The van der Waals surface area contributed by atoms with Crippen molar-refractivity contribution >= 4 is 21.8 Å². The lowest BCUT2D eigenvalue weighted by atomic mass is 10.3. The molecule has 0 aliphatic rings. The number of rotatable bonds is 9. The second kappa shape index (κ2) is 8.63. The van der Waals surface area contributed by atoms with Gasteiger partial charge in [-0.2, -0.15) is 16.1 Å². The van der Waals surface area contributed by atoms with Gasteiger partial charge in [0.1, 0.15) is 5.75 Å². The molecular formula is C14H24N2O3S2. The molecule has 0 spiro atoms. The Morgan fingerprint density at radius 3 is 2.48 bits per heavy atom. The van der Waals surface area contributed by atoms with E-state index in [0.29, 0.717) is 18.9 Å². The molecule has 1 aromatic rings. The Labute approximate surface area is 131 Å². The van der Waals surface area contributed by atoms with E-state index < -0.39 is 10.0 Å². The van der Waals surface area contributed by atoms with E-state index >= 15 is 0 Å². The molecule has 5 nitrogen and oxygen atoms in total. The second-order valence-electron chi connectivity index (χ2n) is 4.79. The fourth-order valence-corrected chi connectivity index (χ4v) is 3.89. The molecule has 1 rings (SSSR count). The van der Waals surface area contributed by atoms with Crippen LogP contribution in [0.3, 0.4) is 0 Å². The summed E-state index contributed by atoms with van der Waals surface area (Å²) in [5.41, 5.74) is 5.39. The zero-order valence-electron chi connectivity index (χ0n) is 12.8. The van der Waals surface area contributed by atoms with Crippen LogP contribution in [0.4, 0.5) is 0 Å². The van der Waals surface area contributed by atoms with E-state index in [1.54, 1.807) is 43.1 Å². The molecule has 0 saturated carbocycles. The number of thioether (sulfide) groups is 1. The monoisotopic (exact) mass is 332 g/mol. The fourth-order valence-electron chi connectivity index (χ4n) is 1.73. The SMILES string of the molecule is CSCC(C)N(C)S(=O)(=O)c1ccc(OCCCN)cc1. The maximum Gasteiger partial charge on any atom is 0.243 e. The number of ether oxygens (including phenoxy) is 1. The molecule has 0 aliphatic carbocycles. The van der Waals surface area contributed by atoms with Gasteiger partial charge in [-0.3, -0.25) is 0 Å². The number of nitrogens with zero attached hydrogens (tertiary/aromatic N) is 1. The molecule has 1 atom stereocenters. The van der Waals surface area contributed by atoms with Crippen molar-refractivity contribution in [2.24, 2.45) is 5.73 Å². The smallest absolute Gasteiger partial charge is 0.243 e. The predicted molar refractivity (Wildman–Crippen MR) is 88.4 cm³/mol. The molecule has 1 aromatic carbocycles. The van der Waals surface area contributed by atoms with Gasteiger partial charge in [-0.15, -0.1) is 0 Å². The lowest BCUT2D eigenvalue weighted by Gasteiger charge is -2.23. The van der Waals surface area contributed by atoms with Crippen LogP contribution in [0.25, 0.3) is 0 Å². The van der Waals surface area contributed by atoms with Gasteiger partial charge in [-0.05, 0) is 50.4 Å². The lowest BCUT2D eigenvalue weighted by Crippen LogP contribution is -2.36. The van der Waals surface area contributed by atoms with Gasteiger partial charge in [0.15, 0.2) is 0 Å². The third kappa shape index (κ3) is 5.18. The van der Waals surface area contributed by atoms with E-state index in [0.717, 1.165) is 12.2 Å². The summed E-state index contributed by atoms with van der Waals surface area (Å²) in [5.74, 6) is 1.41. The summed E-state index contributed by atoms with van der Waals surface area (Å²) in [5, 5.41) is 0. The van der Waals surface area contributed by atoms with Crippen molar-refractivity contribution in [2.75, 3.05) is 32.2 Å². The van der Waals surface area contributed by atoms with Gasteiger partial charge in [-0.25, -0.2) is 8.42 Å². The number of sulfonamides is 1. The molecule has 2 N–H and O–H groups in total. The van der Waals surface area contributed by atoms with Crippen LogP contribution in [-0.2, 0) is 10.0 Å². The topological polar surface area (TPSA) is 72.6 Å². The van der Waals surface area contributed by atoms with Crippen molar-refractivity contribution in [1.29, 1.82) is 0 Å². The fraction of sp³-hybridized carbons (Fsp3) is 0.571. The zero-order valence-corrected chi connectivity index (χ0v) is 14.4. The van der Waals surface area contributed by atoms with Crippen LogP contribution in [-0.4, -0.2) is 51.0 Å². The molecule has 7 heteroatoms. The molecular weight excluding hydrogens is 308 g/mol. The van der Waals surface area contributed by atoms with Crippen LogP contribution >= 0.6 is 11.8 Å². The van der Waals surface area contributed by atoms with Crippen molar-refractivity contribution < 1.29 is 13.2 Å². The van der Waals surface area contributed by atoms with Gasteiger partial charge < -0.3 is 10.5 Å². The Hall–Kier alpha value is -0.760. The molecule has 0 aliphatic heterocycles. The first kappa shape index (κ1) is 18.3. The Morgan fingerprint density at radius 1 is 1.33 bits per heavy atom. The van der Waals surface area contributed by atoms with Crippen LogP contribution in [0.2, 0.25) is 0 Å². The summed E-state index contributed by atoms with van der Waals surface area (Å²) in [6, 6.07) is 6.46. The number of nitrogens with two attached hydrogens (primary N) is 1. The maximum atomic E-state index is 12.5. The number of benzene rings is 1. The van der Waals surface area contributed by atoms with Gasteiger partial charge in [0.05, 0.1) is 11.5 Å². The molecule has 0 heterocycles. The average Bonchev–Trinajstić information content (AvgIpc) is 2.47. The highest BCUT2D eigenvalue weighted by atomic mass is 32.2. The third-order valence-electron chi connectivity index (χ3n) is 3.15. The molecule has 0 aromatic heterocycles. The summed E-state index contributed by atoms with van der Waals surface area (Å²) >= 11 is 1.63. The summed E-state index contributed by atoms with van der Waals surface area (Å²) in [6.45, 7) is 3.01. The van der Waals surface area contributed by atoms with E-state index in [-0.39, 0.29) is 10.9 Å². The van der Waals surface area contributed by atoms with E-state index in [1.807, 2.05) is 13.2 Å². The Kier molecular flexibility index (Phi) is 7.51. The third-order valence-corrected chi connectivity index (χ3v) is 5.95. The van der Waals surface area contributed by atoms with Crippen LogP contribution in [0, 0.1) is 0 Å². The van der Waals surface area contributed by atoms with Crippen LogP contribution in [0.5, 0.6) is 5.75 Å². The Morgan fingerprint density at radius 2 is 1.95 bits per heavy atom. The quantitative estimate of drug-likeness (QED) is 0.698. The van der Waals surface area contributed by atoms with Crippen LogP contribution in [0.15, 0.2) is 29.2 Å². The minimum Gasteiger partial charge on any atom is -0.494 e. The minimum atomic E-state index is -3.46. The molecule has 0 saturated heterocycles. The van der Waals surface area contributed by atoms with Crippen molar-refractivity contribution in [1.82, 2.24) is 4.31 Å². The second-order valence-corrected chi connectivity index (χ2v) is 7.70. The van der Waals surface area contributed by atoms with E-state index in [9.17, 15) is 8.42 Å². The normalized spacial score (nSPS) is 13.4. The van der Waals surface area contributed by atoms with Gasteiger partial charge in [-0.1, -0.05) is 0 Å². The summed E-state index contributed by atoms with van der Waals surface area (Å²) in [6.07, 6.45) is 2.74. The molecule has 1 unspecified atom stereocenters. The Bertz CT molecular complexity index is 518. The highest BCUT2D eigenvalue weighted by Gasteiger charge is 2.24. The molecule has 120 valence electrons. The summed E-state index contributed by atoms with van der Waals surface area (Å²) in [4.78, 5) is 0.282. The number of hydrogen-bond acceptors (Lipinski definition) is 5. The van der Waals surface area contributed by atoms with Crippen LogP contribution in [0.1, 0.15) is 13.3 Å². The number of hydrogen-bond donors (Lipinski definition) is 1. The van der Waals surface area contributed by atoms with E-state index in [4.69, 9.17) is 10.5 Å². The highest BCUT2D eigenvalue weighted by molar-refractivity contribution is 7.98. The molecule has 0 radical (unpaired) electrons. The largest absolute Gasteiger partial charge is 0.494 e. The highest BCUT2D eigenvalue weighted by Crippen LogP contribution is 2.21. The first-order chi connectivity index (χ1) is 9.93. The molecule has 0 bridgehead atoms. The maximum absolute atomic E-state index is 12.5. The first-order valence-corrected chi connectivity index (χ1v) is 9.66. The van der Waals surface area contributed by atoms with E-state index in [2.05, 4.69) is 0 Å². The Balaban J connectivity index is 2.79. The van der Waals surface area contributed by atoms with Crippen molar-refractivity contribution in [3.05, 3.63) is 24.3 Å². The van der Waals surface area contributed by atoms with Gasteiger partial charge in [0, 0.05) is 18.8 Å². The summed E-state index contributed by atoms with van der Waals surface area (Å²) in [7, 11) is -1.84. The summed E-state index contributed by atoms with van der Waals surface area (Å²) < 4.78 is 31.8. The van der Waals surface area contributed by atoms with Crippen molar-refractivity contribution in [2.45, 2.75) is 24.3 Å². The zero-order chi connectivity index (χ0) is 15.9. The standard InChI is InChI=1S/C14H24N2O3S2/c1-12(11-20-3)16(2)21(17,18)14-7-5-13(6-8-14)19-10-4-9-15/h5-8,12H,4,9-11,15H2,1-3H3. The molecule has 21 heavy (non-hydrogen) atoms. The van der Waals surface area contributed by atoms with Gasteiger partial charge in [0.2, 0.25) is 10.0 Å². The predicted octanol–water partition coefficient (Wildman–Crippen LogP) is 1.79. The van der Waals surface area contributed by atoms with Crippen LogP contribution < -0.4 is 10.5 Å². The lowest BCUT2D eigenvalue weighted by molar-refractivity contribution is 0.313. The first-order valence-electron chi connectivity index (χ1n) is 6.83. The minimum absolute atomic E-state index is 0.0505. The van der Waals surface area contributed by atoms with Gasteiger partial charge in [0.25, 0.3) is 0 Å². The molecule has 0 amide bonds. The van der Waals surface area contributed by atoms with E-state index in [1.165, 1.54) is 4.31 Å². The van der Waals surface area contributed by atoms with Gasteiger partial charge >= 0.3 is 0 Å². The van der Waals surface area contributed by atoms with Crippen molar-refractivity contribution in [3.8, 4) is 5.75 Å². The molecule has 0 fully saturated rings. The van der Waals surface area contributed by atoms with Crippen molar-refractivity contribution in [3.63, 3.8) is 0 Å². The average molecular weight is 332 g/mol.